The zero-order valence-electron chi connectivity index (χ0n) is 7.37. The first kappa shape index (κ1) is 8.98. The van der Waals surface area contributed by atoms with Gasteiger partial charge in [-0.25, -0.2) is 4.79 Å². The van der Waals surface area contributed by atoms with E-state index in [1.807, 2.05) is 0 Å². The smallest absolute Gasteiger partial charge is 0.322 e. The van der Waals surface area contributed by atoms with Crippen LogP contribution in [-0.4, -0.2) is 28.6 Å². The normalized spacial score (nSPS) is 35.9. The Morgan fingerprint density at radius 1 is 1.50 bits per heavy atom. The summed E-state index contributed by atoms with van der Waals surface area (Å²) in [6, 6.07) is -0.527. The number of carbonyl (C=O) groups excluding carboxylic acids is 2. The molecule has 3 N–H and O–H groups in total. The Morgan fingerprint density at radius 3 is 2.64 bits per heavy atom. The van der Waals surface area contributed by atoms with Gasteiger partial charge in [-0.2, -0.15) is 0 Å². The average molecular weight is 198 g/mol. The largest absolute Gasteiger partial charge is 0.481 e. The zero-order chi connectivity index (χ0) is 10.3. The summed E-state index contributed by atoms with van der Waals surface area (Å²) in [5.74, 6) is -1.83. The van der Waals surface area contributed by atoms with Crippen LogP contribution in [0.15, 0.2) is 0 Å². The highest BCUT2D eigenvalue weighted by molar-refractivity contribution is 6.07. The van der Waals surface area contributed by atoms with Crippen LogP contribution in [0.25, 0.3) is 0 Å². The Bertz CT molecular complexity index is 327. The summed E-state index contributed by atoms with van der Waals surface area (Å²) in [4.78, 5) is 33.0. The lowest BCUT2D eigenvalue weighted by Gasteiger charge is -2.18. The molecule has 3 amide bonds. The van der Waals surface area contributed by atoms with Crippen molar-refractivity contribution in [1.29, 1.82) is 0 Å². The van der Waals surface area contributed by atoms with Gasteiger partial charge in [0.25, 0.3) is 5.91 Å². The highest BCUT2D eigenvalue weighted by Crippen LogP contribution is 2.36. The van der Waals surface area contributed by atoms with Crippen LogP contribution in [0.2, 0.25) is 0 Å². The maximum atomic E-state index is 11.4. The molecule has 0 aromatic heterocycles. The van der Waals surface area contributed by atoms with E-state index in [-0.39, 0.29) is 6.42 Å². The van der Waals surface area contributed by atoms with E-state index in [9.17, 15) is 14.4 Å². The first-order valence-electron chi connectivity index (χ1n) is 4.40. The van der Waals surface area contributed by atoms with Gasteiger partial charge in [0.1, 0.15) is 5.54 Å². The molecule has 2 aliphatic rings. The highest BCUT2D eigenvalue weighted by Gasteiger charge is 2.52. The molecule has 14 heavy (non-hydrogen) atoms. The quantitative estimate of drug-likeness (QED) is 0.492. The molecule has 1 saturated heterocycles. The van der Waals surface area contributed by atoms with Gasteiger partial charge in [0, 0.05) is 0 Å². The summed E-state index contributed by atoms with van der Waals surface area (Å²) in [7, 11) is 0. The first-order chi connectivity index (χ1) is 6.53. The number of hydrogen-bond acceptors (Lipinski definition) is 3. The second kappa shape index (κ2) is 2.70. The first-order valence-corrected chi connectivity index (χ1v) is 4.40. The van der Waals surface area contributed by atoms with Crippen LogP contribution in [0.4, 0.5) is 4.79 Å². The van der Waals surface area contributed by atoms with Gasteiger partial charge in [0.05, 0.1) is 5.92 Å². The van der Waals surface area contributed by atoms with Crippen LogP contribution in [0.5, 0.6) is 0 Å². The summed E-state index contributed by atoms with van der Waals surface area (Å²) in [6.45, 7) is 0. The van der Waals surface area contributed by atoms with E-state index < -0.39 is 29.4 Å². The molecule has 2 fully saturated rings. The molecule has 6 heteroatoms. The van der Waals surface area contributed by atoms with Gasteiger partial charge in [-0.1, -0.05) is 0 Å². The van der Waals surface area contributed by atoms with Gasteiger partial charge in [-0.05, 0) is 19.3 Å². The van der Waals surface area contributed by atoms with Crippen LogP contribution < -0.4 is 10.6 Å². The minimum absolute atomic E-state index is 0.194. The SMILES string of the molecule is O=C1NC(=O)C2(CC[C@@H](C(=O)O)C2)N1. The molecule has 1 saturated carbocycles. The minimum Gasteiger partial charge on any atom is -0.481 e. The number of amides is 3. The molecule has 6 nitrogen and oxygen atoms in total. The molecule has 0 bridgehead atoms. The van der Waals surface area contributed by atoms with Crippen molar-refractivity contribution in [2.24, 2.45) is 5.92 Å². The Balaban J connectivity index is 2.17. The lowest BCUT2D eigenvalue weighted by Crippen LogP contribution is -2.44. The molecule has 1 unspecified atom stereocenters. The van der Waals surface area contributed by atoms with E-state index >= 15 is 0 Å². The van der Waals surface area contributed by atoms with E-state index in [0.29, 0.717) is 12.8 Å². The second-order valence-corrected chi connectivity index (χ2v) is 3.77. The fraction of sp³-hybridized carbons (Fsp3) is 0.625. The third kappa shape index (κ3) is 1.14. The Labute approximate surface area is 79.7 Å². The Hall–Kier alpha value is -1.59. The molecule has 1 spiro atoms. The van der Waals surface area contributed by atoms with Crippen molar-refractivity contribution in [2.45, 2.75) is 24.8 Å². The summed E-state index contributed by atoms with van der Waals surface area (Å²) < 4.78 is 0. The van der Waals surface area contributed by atoms with E-state index in [1.165, 1.54) is 0 Å². The summed E-state index contributed by atoms with van der Waals surface area (Å²) in [5.41, 5.74) is -0.958. The van der Waals surface area contributed by atoms with Gasteiger partial charge in [0.15, 0.2) is 0 Å². The molecule has 1 heterocycles. The summed E-state index contributed by atoms with van der Waals surface area (Å²) >= 11 is 0. The fourth-order valence-corrected chi connectivity index (χ4v) is 2.10. The van der Waals surface area contributed by atoms with E-state index in [2.05, 4.69) is 10.6 Å². The van der Waals surface area contributed by atoms with E-state index in [4.69, 9.17) is 5.11 Å². The molecule has 0 aromatic carbocycles. The van der Waals surface area contributed by atoms with Crippen molar-refractivity contribution < 1.29 is 19.5 Å². The molecule has 0 aromatic rings. The number of rotatable bonds is 1. The van der Waals surface area contributed by atoms with Crippen LogP contribution in [0.1, 0.15) is 19.3 Å². The molecule has 2 atom stereocenters. The van der Waals surface area contributed by atoms with Gasteiger partial charge in [-0.3, -0.25) is 14.9 Å². The van der Waals surface area contributed by atoms with Crippen LogP contribution in [0.3, 0.4) is 0 Å². The standard InChI is InChI=1S/C8H10N2O4/c11-5(12)4-1-2-8(3-4)6(13)9-7(14)10-8/h4H,1-3H2,(H,11,12)(H2,9,10,13,14)/t4-,8?/m1/s1. The van der Waals surface area contributed by atoms with Crippen molar-refractivity contribution in [3.63, 3.8) is 0 Å². The minimum atomic E-state index is -0.958. The predicted molar refractivity (Wildman–Crippen MR) is 44.4 cm³/mol. The van der Waals surface area contributed by atoms with Gasteiger partial charge in [-0.15, -0.1) is 0 Å². The highest BCUT2D eigenvalue weighted by atomic mass is 16.4. The lowest BCUT2D eigenvalue weighted by molar-refractivity contribution is -0.141. The number of carbonyl (C=O) groups is 3. The van der Waals surface area contributed by atoms with Gasteiger partial charge in [0.2, 0.25) is 0 Å². The number of aliphatic carboxylic acids is 1. The van der Waals surface area contributed by atoms with Crippen molar-refractivity contribution in [2.75, 3.05) is 0 Å². The predicted octanol–water partition coefficient (Wildman–Crippen LogP) is -0.551. The Kier molecular flexibility index (Phi) is 1.73. The monoisotopic (exact) mass is 198 g/mol. The zero-order valence-corrected chi connectivity index (χ0v) is 7.37. The second-order valence-electron chi connectivity index (χ2n) is 3.77. The molecular weight excluding hydrogens is 188 g/mol. The average Bonchev–Trinajstić information content (AvgIpc) is 2.59. The maximum absolute atomic E-state index is 11.4. The number of urea groups is 1. The van der Waals surface area contributed by atoms with Crippen LogP contribution in [-0.2, 0) is 9.59 Å². The van der Waals surface area contributed by atoms with Crippen molar-refractivity contribution in [3.8, 4) is 0 Å². The van der Waals surface area contributed by atoms with Gasteiger partial charge >= 0.3 is 12.0 Å². The summed E-state index contributed by atoms with van der Waals surface area (Å²) in [6.07, 6.45) is 1.03. The molecular formula is C8H10N2O4. The van der Waals surface area contributed by atoms with Crippen LogP contribution >= 0.6 is 0 Å². The van der Waals surface area contributed by atoms with E-state index in [0.717, 1.165) is 0 Å². The summed E-state index contributed by atoms with van der Waals surface area (Å²) in [5, 5.41) is 13.4. The number of imide groups is 1. The van der Waals surface area contributed by atoms with Crippen molar-refractivity contribution >= 4 is 17.9 Å². The lowest BCUT2D eigenvalue weighted by atomic mass is 9.96. The van der Waals surface area contributed by atoms with Crippen LogP contribution in [0, 0.1) is 5.92 Å². The van der Waals surface area contributed by atoms with Crippen molar-refractivity contribution in [1.82, 2.24) is 10.6 Å². The number of carboxylic acid groups (broad SMARTS) is 1. The molecule has 1 aliphatic carbocycles. The molecule has 76 valence electrons. The molecule has 2 rings (SSSR count). The molecule has 1 aliphatic heterocycles. The molecule has 0 radical (unpaired) electrons. The topological polar surface area (TPSA) is 95.5 Å². The number of nitrogens with one attached hydrogen (secondary N) is 2. The third-order valence-electron chi connectivity index (χ3n) is 2.88. The Morgan fingerprint density at radius 2 is 2.21 bits per heavy atom. The number of carboxylic acids is 1. The van der Waals surface area contributed by atoms with Crippen molar-refractivity contribution in [3.05, 3.63) is 0 Å². The fourth-order valence-electron chi connectivity index (χ4n) is 2.10. The maximum Gasteiger partial charge on any atom is 0.322 e. The number of hydrogen-bond donors (Lipinski definition) is 3. The van der Waals surface area contributed by atoms with E-state index in [1.54, 1.807) is 0 Å². The van der Waals surface area contributed by atoms with Gasteiger partial charge < -0.3 is 10.4 Å². The third-order valence-corrected chi connectivity index (χ3v) is 2.88.